The first kappa shape index (κ1) is 13.4. The number of hydrogen-bond donors (Lipinski definition) is 1. The topological polar surface area (TPSA) is 32.3 Å². The molecule has 1 aliphatic rings. The molecule has 3 heteroatoms. The van der Waals surface area contributed by atoms with E-state index in [0.29, 0.717) is 6.42 Å². The Balaban J connectivity index is 1.79. The maximum absolute atomic E-state index is 12.6. The Bertz CT molecular complexity index is 649. The van der Waals surface area contributed by atoms with Crippen molar-refractivity contribution in [3.8, 4) is 0 Å². The minimum absolute atomic E-state index is 0.0394. The van der Waals surface area contributed by atoms with Crippen LogP contribution in [0.5, 0.6) is 0 Å². The summed E-state index contributed by atoms with van der Waals surface area (Å²) in [5.74, 6) is 0.0724. The van der Waals surface area contributed by atoms with Crippen molar-refractivity contribution >= 4 is 5.91 Å². The van der Waals surface area contributed by atoms with E-state index in [-0.39, 0.29) is 11.9 Å². The molecule has 0 radical (unpaired) electrons. The highest BCUT2D eigenvalue weighted by atomic mass is 16.2. The number of rotatable bonds is 3. The first-order valence-corrected chi connectivity index (χ1v) is 7.10. The number of benzene rings is 2. The zero-order valence-electron chi connectivity index (χ0n) is 12.0. The monoisotopic (exact) mass is 278 g/mol. The van der Waals surface area contributed by atoms with Crippen LogP contribution in [0.15, 0.2) is 72.4 Å². The normalized spacial score (nSPS) is 17.3. The number of carbonyl (C=O) groups is 1. The summed E-state index contributed by atoms with van der Waals surface area (Å²) in [5.41, 5.74) is 6.31. The highest BCUT2D eigenvalue weighted by molar-refractivity contribution is 5.79. The average molecular weight is 278 g/mol. The lowest BCUT2D eigenvalue weighted by Gasteiger charge is -2.25. The number of nitrogens with zero attached hydrogens (tertiary/aromatic N) is 1. The fraction of sp³-hybridized carbons (Fsp3) is 0.167. The number of hydrogen-bond acceptors (Lipinski definition) is 2. The van der Waals surface area contributed by atoms with Gasteiger partial charge in [0.1, 0.15) is 0 Å². The third-order valence-electron chi connectivity index (χ3n) is 3.59. The van der Waals surface area contributed by atoms with Gasteiger partial charge in [0.25, 0.3) is 0 Å². The van der Waals surface area contributed by atoms with Crippen molar-refractivity contribution < 1.29 is 4.79 Å². The van der Waals surface area contributed by atoms with E-state index < -0.39 is 0 Å². The molecule has 0 bridgehead atoms. The highest BCUT2D eigenvalue weighted by Gasteiger charge is 2.28. The van der Waals surface area contributed by atoms with Crippen LogP contribution in [-0.2, 0) is 11.2 Å². The third kappa shape index (κ3) is 2.97. The van der Waals surface area contributed by atoms with Crippen molar-refractivity contribution in [3.05, 3.63) is 83.6 Å². The van der Waals surface area contributed by atoms with Crippen LogP contribution < -0.4 is 5.43 Å². The van der Waals surface area contributed by atoms with Crippen molar-refractivity contribution in [2.45, 2.75) is 19.4 Å². The molecule has 21 heavy (non-hydrogen) atoms. The fourth-order valence-corrected chi connectivity index (χ4v) is 2.58. The average Bonchev–Trinajstić information content (AvgIpc) is 2.91. The van der Waals surface area contributed by atoms with Gasteiger partial charge in [0.15, 0.2) is 0 Å². The summed E-state index contributed by atoms with van der Waals surface area (Å²) in [6.45, 7) is 1.98. The second-order valence-corrected chi connectivity index (χ2v) is 5.24. The van der Waals surface area contributed by atoms with Gasteiger partial charge in [-0.05, 0) is 24.1 Å². The van der Waals surface area contributed by atoms with Gasteiger partial charge in [-0.3, -0.25) is 10.2 Å². The summed E-state index contributed by atoms with van der Waals surface area (Å²) in [5, 5.41) is 1.72. The summed E-state index contributed by atoms with van der Waals surface area (Å²) in [6, 6.07) is 19.9. The summed E-state index contributed by atoms with van der Waals surface area (Å²) < 4.78 is 0. The Morgan fingerprint density at radius 2 is 1.67 bits per heavy atom. The number of allylic oxidation sites excluding steroid dienone is 1. The molecule has 3 nitrogen and oxygen atoms in total. The molecular weight excluding hydrogens is 260 g/mol. The first-order chi connectivity index (χ1) is 10.2. The molecule has 0 aromatic heterocycles. The zero-order valence-corrected chi connectivity index (χ0v) is 12.0. The van der Waals surface area contributed by atoms with Gasteiger partial charge in [0.2, 0.25) is 5.91 Å². The Kier molecular flexibility index (Phi) is 3.73. The molecule has 0 aliphatic carbocycles. The molecule has 0 fully saturated rings. The lowest BCUT2D eigenvalue weighted by Crippen LogP contribution is -2.40. The summed E-state index contributed by atoms with van der Waals surface area (Å²) in [6.07, 6.45) is 2.48. The lowest BCUT2D eigenvalue weighted by molar-refractivity contribution is -0.134. The standard InChI is InChI=1S/C18H18N2O/c1-14-12-17(16-10-6-3-7-11-16)20(19-14)18(21)13-15-8-4-2-5-9-15/h2-12,17,19H,13H2,1H3. The first-order valence-electron chi connectivity index (χ1n) is 7.10. The molecule has 1 heterocycles. The summed E-state index contributed by atoms with van der Waals surface area (Å²) in [7, 11) is 0. The number of nitrogens with one attached hydrogen (secondary N) is 1. The fourth-order valence-electron chi connectivity index (χ4n) is 2.58. The zero-order chi connectivity index (χ0) is 14.7. The minimum Gasteiger partial charge on any atom is -0.300 e. The van der Waals surface area contributed by atoms with Crippen LogP contribution in [0.2, 0.25) is 0 Å². The van der Waals surface area contributed by atoms with Crippen molar-refractivity contribution in [1.29, 1.82) is 0 Å². The Morgan fingerprint density at radius 3 is 2.33 bits per heavy atom. The van der Waals surface area contributed by atoms with Crippen molar-refractivity contribution in [2.24, 2.45) is 0 Å². The molecule has 0 saturated carbocycles. The molecule has 3 rings (SSSR count). The number of hydrazine groups is 1. The molecule has 1 amide bonds. The van der Waals surface area contributed by atoms with Crippen LogP contribution in [0, 0.1) is 0 Å². The maximum Gasteiger partial charge on any atom is 0.246 e. The van der Waals surface area contributed by atoms with Crippen molar-refractivity contribution in [2.75, 3.05) is 0 Å². The van der Waals surface area contributed by atoms with E-state index in [9.17, 15) is 4.79 Å². The van der Waals surface area contributed by atoms with Crippen LogP contribution in [0.1, 0.15) is 24.1 Å². The highest BCUT2D eigenvalue weighted by Crippen LogP contribution is 2.27. The van der Waals surface area contributed by atoms with Gasteiger partial charge in [0, 0.05) is 5.70 Å². The van der Waals surface area contributed by atoms with Gasteiger partial charge in [-0.2, -0.15) is 0 Å². The van der Waals surface area contributed by atoms with Crippen molar-refractivity contribution in [3.63, 3.8) is 0 Å². The second kappa shape index (κ2) is 5.83. The van der Waals surface area contributed by atoms with E-state index in [1.165, 1.54) is 0 Å². The Hall–Kier alpha value is -2.55. The summed E-state index contributed by atoms with van der Waals surface area (Å²) in [4.78, 5) is 12.6. The Labute approximate surface area is 124 Å². The molecule has 106 valence electrons. The molecule has 2 aromatic rings. The minimum atomic E-state index is -0.0394. The van der Waals surface area contributed by atoms with Gasteiger partial charge in [-0.1, -0.05) is 60.7 Å². The molecule has 0 spiro atoms. The SMILES string of the molecule is CC1=CC(c2ccccc2)N(C(=O)Cc2ccccc2)N1. The predicted octanol–water partition coefficient (Wildman–Crippen LogP) is 3.22. The molecule has 1 N–H and O–H groups in total. The van der Waals surface area contributed by atoms with Gasteiger partial charge >= 0.3 is 0 Å². The van der Waals surface area contributed by atoms with E-state index in [1.807, 2.05) is 67.6 Å². The van der Waals surface area contributed by atoms with Crippen LogP contribution in [0.4, 0.5) is 0 Å². The smallest absolute Gasteiger partial charge is 0.246 e. The molecule has 1 unspecified atom stereocenters. The quantitative estimate of drug-likeness (QED) is 0.935. The van der Waals surface area contributed by atoms with Gasteiger partial charge < -0.3 is 0 Å². The second-order valence-electron chi connectivity index (χ2n) is 5.24. The molecule has 1 aliphatic heterocycles. The van der Waals surface area contributed by atoms with E-state index in [2.05, 4.69) is 11.5 Å². The molecular formula is C18H18N2O. The maximum atomic E-state index is 12.6. The largest absolute Gasteiger partial charge is 0.300 e. The third-order valence-corrected chi connectivity index (χ3v) is 3.59. The Morgan fingerprint density at radius 1 is 1.05 bits per heavy atom. The molecule has 1 atom stereocenters. The number of amides is 1. The van der Waals surface area contributed by atoms with Gasteiger partial charge in [0.05, 0.1) is 12.5 Å². The van der Waals surface area contributed by atoms with Crippen LogP contribution in [0.3, 0.4) is 0 Å². The van der Waals surface area contributed by atoms with Crippen LogP contribution >= 0.6 is 0 Å². The van der Waals surface area contributed by atoms with Crippen molar-refractivity contribution in [1.82, 2.24) is 10.4 Å². The van der Waals surface area contributed by atoms with Crippen LogP contribution in [0.25, 0.3) is 0 Å². The van der Waals surface area contributed by atoms with E-state index in [4.69, 9.17) is 0 Å². The van der Waals surface area contributed by atoms with Gasteiger partial charge in [-0.25, -0.2) is 5.01 Å². The molecule has 0 saturated heterocycles. The van der Waals surface area contributed by atoms with E-state index in [0.717, 1.165) is 16.8 Å². The lowest BCUT2D eigenvalue weighted by atomic mass is 10.1. The summed E-state index contributed by atoms with van der Waals surface area (Å²) >= 11 is 0. The predicted molar refractivity (Wildman–Crippen MR) is 83.1 cm³/mol. The molecule has 2 aromatic carbocycles. The van der Waals surface area contributed by atoms with Crippen LogP contribution in [-0.4, -0.2) is 10.9 Å². The van der Waals surface area contributed by atoms with E-state index in [1.54, 1.807) is 5.01 Å². The van der Waals surface area contributed by atoms with Gasteiger partial charge in [-0.15, -0.1) is 0 Å². The number of carbonyl (C=O) groups excluding carboxylic acids is 1. The van der Waals surface area contributed by atoms with E-state index >= 15 is 0 Å².